The van der Waals surface area contributed by atoms with Crippen LogP contribution in [0.25, 0.3) is 21.9 Å². The number of fused-ring (bicyclic) bond motifs is 3. The van der Waals surface area contributed by atoms with Crippen LogP contribution in [0.15, 0.2) is 48.9 Å². The Morgan fingerprint density at radius 3 is 2.81 bits per heavy atom. The predicted molar refractivity (Wildman–Crippen MR) is 81.7 cm³/mol. The monoisotopic (exact) mass is 278 g/mol. The Hall–Kier alpha value is -2.89. The lowest BCUT2D eigenvalue weighted by molar-refractivity contribution is 0.545. The minimum Gasteiger partial charge on any atom is -0.369 e. The van der Waals surface area contributed by atoms with Gasteiger partial charge in [-0.15, -0.1) is 0 Å². The van der Waals surface area contributed by atoms with Gasteiger partial charge in [0, 0.05) is 24.3 Å². The second-order valence-electron chi connectivity index (χ2n) is 4.90. The molecule has 0 spiro atoms. The molecule has 1 aromatic carbocycles. The number of nitrogens with two attached hydrogens (primary N) is 1. The van der Waals surface area contributed by atoms with Gasteiger partial charge in [0.1, 0.15) is 5.52 Å². The number of nitrogen functional groups attached to an aromatic ring is 1. The van der Waals surface area contributed by atoms with Crippen molar-refractivity contribution in [2.75, 3.05) is 5.73 Å². The van der Waals surface area contributed by atoms with Crippen LogP contribution in [0.4, 0.5) is 5.95 Å². The van der Waals surface area contributed by atoms with E-state index in [0.717, 1.165) is 35.0 Å². The highest BCUT2D eigenvalue weighted by atomic mass is 15.3. The third-order valence-electron chi connectivity index (χ3n) is 3.62. The summed E-state index contributed by atoms with van der Waals surface area (Å²) < 4.78 is 3.91. The van der Waals surface area contributed by atoms with Gasteiger partial charge in [-0.05, 0) is 12.1 Å². The highest BCUT2D eigenvalue weighted by Gasteiger charge is 2.12. The third kappa shape index (κ3) is 1.92. The molecule has 104 valence electrons. The zero-order valence-electron chi connectivity index (χ0n) is 11.3. The largest absolute Gasteiger partial charge is 0.369 e. The first-order valence-electron chi connectivity index (χ1n) is 6.80. The first-order valence-corrected chi connectivity index (χ1v) is 6.80. The topological polar surface area (TPSA) is 74.5 Å². The summed E-state index contributed by atoms with van der Waals surface area (Å²) in [5.74, 6) is 0.510. The number of benzene rings is 1. The van der Waals surface area contributed by atoms with Crippen molar-refractivity contribution in [2.24, 2.45) is 0 Å². The molecule has 0 bridgehead atoms. The predicted octanol–water partition coefficient (Wildman–Crippen LogP) is 2.06. The fourth-order valence-electron chi connectivity index (χ4n) is 2.64. The number of imidazole rings is 1. The van der Waals surface area contributed by atoms with E-state index in [2.05, 4.69) is 21.1 Å². The maximum atomic E-state index is 6.08. The molecule has 0 fully saturated rings. The van der Waals surface area contributed by atoms with Crippen LogP contribution in [0.5, 0.6) is 0 Å². The SMILES string of the molecule is Nc1nc2cnc3ccccc3c2n1CCn1cccn1. The molecule has 4 aromatic rings. The molecule has 0 unspecified atom stereocenters. The number of nitrogens with zero attached hydrogens (tertiary/aromatic N) is 5. The maximum absolute atomic E-state index is 6.08. The van der Waals surface area contributed by atoms with E-state index in [0.29, 0.717) is 5.95 Å². The Bertz CT molecular complexity index is 907. The van der Waals surface area contributed by atoms with Crippen molar-refractivity contribution in [3.63, 3.8) is 0 Å². The number of rotatable bonds is 3. The Labute approximate surface area is 120 Å². The van der Waals surface area contributed by atoms with Gasteiger partial charge in [0.2, 0.25) is 5.95 Å². The number of hydrogen-bond acceptors (Lipinski definition) is 4. The fourth-order valence-corrected chi connectivity index (χ4v) is 2.64. The molecule has 3 heterocycles. The molecule has 0 aliphatic heterocycles. The van der Waals surface area contributed by atoms with E-state index < -0.39 is 0 Å². The van der Waals surface area contributed by atoms with Gasteiger partial charge in [-0.3, -0.25) is 9.67 Å². The Morgan fingerprint density at radius 2 is 1.95 bits per heavy atom. The van der Waals surface area contributed by atoms with Crippen LogP contribution in [0.3, 0.4) is 0 Å². The Balaban J connectivity index is 1.86. The van der Waals surface area contributed by atoms with Crippen LogP contribution in [0.2, 0.25) is 0 Å². The van der Waals surface area contributed by atoms with E-state index in [1.54, 1.807) is 12.4 Å². The minimum absolute atomic E-state index is 0.510. The lowest BCUT2D eigenvalue weighted by Crippen LogP contribution is -2.10. The second kappa shape index (κ2) is 4.59. The molecule has 3 aromatic heterocycles. The van der Waals surface area contributed by atoms with Crippen LogP contribution < -0.4 is 5.73 Å². The van der Waals surface area contributed by atoms with Crippen molar-refractivity contribution in [1.82, 2.24) is 24.3 Å². The first kappa shape index (κ1) is 11.9. The van der Waals surface area contributed by atoms with Crippen LogP contribution in [-0.4, -0.2) is 24.3 Å². The molecule has 2 N–H and O–H groups in total. The molecule has 0 saturated carbocycles. The van der Waals surface area contributed by atoms with Crippen LogP contribution in [-0.2, 0) is 13.1 Å². The van der Waals surface area contributed by atoms with Crippen molar-refractivity contribution in [3.05, 3.63) is 48.9 Å². The van der Waals surface area contributed by atoms with E-state index in [1.807, 2.05) is 39.7 Å². The number of aromatic nitrogens is 5. The van der Waals surface area contributed by atoms with Crippen LogP contribution >= 0.6 is 0 Å². The summed E-state index contributed by atoms with van der Waals surface area (Å²) in [6.07, 6.45) is 5.49. The molecular formula is C15H14N6. The summed E-state index contributed by atoms with van der Waals surface area (Å²) in [7, 11) is 0. The Morgan fingerprint density at radius 1 is 1.05 bits per heavy atom. The highest BCUT2D eigenvalue weighted by molar-refractivity contribution is 6.02. The summed E-state index contributed by atoms with van der Waals surface area (Å²) in [6, 6.07) is 9.94. The summed E-state index contributed by atoms with van der Waals surface area (Å²) in [6.45, 7) is 1.47. The van der Waals surface area contributed by atoms with Gasteiger partial charge in [0.15, 0.2) is 0 Å². The van der Waals surface area contributed by atoms with Gasteiger partial charge in [-0.2, -0.15) is 5.10 Å². The van der Waals surface area contributed by atoms with Crippen LogP contribution in [0, 0.1) is 0 Å². The summed E-state index contributed by atoms with van der Waals surface area (Å²) in [5, 5.41) is 5.29. The molecule has 0 amide bonds. The minimum atomic E-state index is 0.510. The number of pyridine rings is 1. The molecule has 0 radical (unpaired) electrons. The van der Waals surface area contributed by atoms with E-state index >= 15 is 0 Å². The number of hydrogen-bond donors (Lipinski definition) is 1. The van der Waals surface area contributed by atoms with Gasteiger partial charge >= 0.3 is 0 Å². The van der Waals surface area contributed by atoms with Gasteiger partial charge in [-0.1, -0.05) is 18.2 Å². The molecule has 0 saturated heterocycles. The number of anilines is 1. The lowest BCUT2D eigenvalue weighted by atomic mass is 10.2. The van der Waals surface area contributed by atoms with Crippen molar-refractivity contribution < 1.29 is 0 Å². The van der Waals surface area contributed by atoms with Gasteiger partial charge in [0.25, 0.3) is 0 Å². The molecular weight excluding hydrogens is 264 g/mol. The van der Waals surface area contributed by atoms with Crippen molar-refractivity contribution in [1.29, 1.82) is 0 Å². The van der Waals surface area contributed by atoms with Crippen molar-refractivity contribution >= 4 is 27.9 Å². The van der Waals surface area contributed by atoms with Gasteiger partial charge in [0.05, 0.1) is 23.8 Å². The molecule has 0 aliphatic rings. The van der Waals surface area contributed by atoms with E-state index in [4.69, 9.17) is 5.73 Å². The van der Waals surface area contributed by atoms with Crippen molar-refractivity contribution in [3.8, 4) is 0 Å². The standard InChI is InChI=1S/C15H14N6/c16-15-19-13-10-17-12-5-2-1-4-11(12)14(13)21(15)9-8-20-7-3-6-18-20/h1-7,10H,8-9H2,(H2,16,19). The average molecular weight is 278 g/mol. The van der Waals surface area contributed by atoms with E-state index in [9.17, 15) is 0 Å². The second-order valence-corrected chi connectivity index (χ2v) is 4.90. The molecule has 21 heavy (non-hydrogen) atoms. The van der Waals surface area contributed by atoms with E-state index in [1.165, 1.54) is 0 Å². The summed E-state index contributed by atoms with van der Waals surface area (Å²) in [4.78, 5) is 8.84. The van der Waals surface area contributed by atoms with Gasteiger partial charge < -0.3 is 10.3 Å². The van der Waals surface area contributed by atoms with Gasteiger partial charge in [-0.25, -0.2) is 4.98 Å². The molecule has 6 heteroatoms. The third-order valence-corrected chi connectivity index (χ3v) is 3.62. The Kier molecular flexibility index (Phi) is 2.60. The first-order chi connectivity index (χ1) is 10.3. The smallest absolute Gasteiger partial charge is 0.201 e. The normalized spacial score (nSPS) is 11.4. The molecule has 4 rings (SSSR count). The van der Waals surface area contributed by atoms with Crippen molar-refractivity contribution in [2.45, 2.75) is 13.1 Å². The zero-order valence-corrected chi connectivity index (χ0v) is 11.3. The molecule has 6 nitrogen and oxygen atoms in total. The fraction of sp³-hybridized carbons (Fsp3) is 0.133. The summed E-state index contributed by atoms with van der Waals surface area (Å²) in [5.41, 5.74) is 8.89. The lowest BCUT2D eigenvalue weighted by Gasteiger charge is -2.08. The zero-order chi connectivity index (χ0) is 14.2. The number of para-hydroxylation sites is 1. The molecule has 0 atom stereocenters. The molecule has 0 aliphatic carbocycles. The number of aryl methyl sites for hydroxylation is 2. The summed E-state index contributed by atoms with van der Waals surface area (Å²) >= 11 is 0. The van der Waals surface area contributed by atoms with Crippen LogP contribution in [0.1, 0.15) is 0 Å². The quantitative estimate of drug-likeness (QED) is 0.622. The maximum Gasteiger partial charge on any atom is 0.201 e. The highest BCUT2D eigenvalue weighted by Crippen LogP contribution is 2.25. The van der Waals surface area contributed by atoms with E-state index in [-0.39, 0.29) is 0 Å². The average Bonchev–Trinajstić information content (AvgIpc) is 3.12.